The Morgan fingerprint density at radius 3 is 2.76 bits per heavy atom. The van der Waals surface area contributed by atoms with Crippen LogP contribution >= 0.6 is 23.4 Å². The summed E-state index contributed by atoms with van der Waals surface area (Å²) in [5.74, 6) is 2.42. The smallest absolute Gasteiger partial charge is 0.215 e. The lowest BCUT2D eigenvalue weighted by Crippen LogP contribution is -2.44. The number of benzene rings is 1. The van der Waals surface area contributed by atoms with Crippen molar-refractivity contribution < 1.29 is 8.42 Å². The van der Waals surface area contributed by atoms with Gasteiger partial charge in [-0.3, -0.25) is 0 Å². The molecule has 0 radical (unpaired) electrons. The highest BCUT2D eigenvalue weighted by molar-refractivity contribution is 7.99. The summed E-state index contributed by atoms with van der Waals surface area (Å²) in [5.41, 5.74) is 1.00. The quantitative estimate of drug-likeness (QED) is 0.535. The largest absolute Gasteiger partial charge is 0.357 e. The van der Waals surface area contributed by atoms with Crippen LogP contribution in [0.5, 0.6) is 0 Å². The van der Waals surface area contributed by atoms with Gasteiger partial charge in [0.15, 0.2) is 5.96 Å². The number of nitrogens with zero attached hydrogens (tertiary/aromatic N) is 2. The molecule has 0 aromatic heterocycles. The highest BCUT2D eigenvalue weighted by Crippen LogP contribution is 2.13. The first-order chi connectivity index (χ1) is 12.0. The molecule has 1 aliphatic rings. The van der Waals surface area contributed by atoms with E-state index in [0.717, 1.165) is 17.1 Å². The Hall–Kier alpha value is -0.960. The first-order valence-corrected chi connectivity index (χ1v) is 11.5. The van der Waals surface area contributed by atoms with Crippen LogP contribution < -0.4 is 10.6 Å². The molecule has 140 valence electrons. The third-order valence-electron chi connectivity index (χ3n) is 3.67. The second kappa shape index (κ2) is 10.3. The zero-order chi connectivity index (χ0) is 18.1. The predicted molar refractivity (Wildman–Crippen MR) is 107 cm³/mol. The molecule has 0 spiro atoms. The summed E-state index contributed by atoms with van der Waals surface area (Å²) in [6.45, 7) is 4.70. The minimum absolute atomic E-state index is 0.0687. The maximum atomic E-state index is 12.3. The van der Waals surface area contributed by atoms with E-state index in [1.54, 1.807) is 16.1 Å². The summed E-state index contributed by atoms with van der Waals surface area (Å²) >= 11 is 7.77. The van der Waals surface area contributed by atoms with Gasteiger partial charge in [0.25, 0.3) is 0 Å². The lowest BCUT2D eigenvalue weighted by molar-refractivity contribution is 0.443. The molecule has 1 heterocycles. The first kappa shape index (κ1) is 20.4. The van der Waals surface area contributed by atoms with Crippen molar-refractivity contribution >= 4 is 39.3 Å². The molecule has 2 rings (SSSR count). The van der Waals surface area contributed by atoms with E-state index in [1.165, 1.54) is 0 Å². The number of thioether (sulfide) groups is 1. The van der Waals surface area contributed by atoms with Crippen LogP contribution in [0.3, 0.4) is 0 Å². The average molecular weight is 405 g/mol. The second-order valence-corrected chi connectivity index (χ2v) is 9.33. The molecule has 1 fully saturated rings. The topological polar surface area (TPSA) is 73.8 Å². The molecule has 9 heteroatoms. The van der Waals surface area contributed by atoms with Crippen molar-refractivity contribution in [3.8, 4) is 0 Å². The Bertz CT molecular complexity index is 676. The van der Waals surface area contributed by atoms with Crippen LogP contribution in [-0.4, -0.2) is 62.1 Å². The standard InChI is InChI=1S/C16H25ClN4O2S2/c1-2-18-16(20-13-14-4-3-5-15(17)12-14)19-6-11-25(22,23)21-7-9-24-10-8-21/h3-5,12H,2,6-11,13H2,1H3,(H2,18,19,20). The minimum atomic E-state index is -3.21. The number of hydrogen-bond donors (Lipinski definition) is 2. The number of hydrogen-bond acceptors (Lipinski definition) is 4. The fourth-order valence-electron chi connectivity index (χ4n) is 2.40. The van der Waals surface area contributed by atoms with Gasteiger partial charge in [0.1, 0.15) is 0 Å². The van der Waals surface area contributed by atoms with Gasteiger partial charge in [-0.2, -0.15) is 11.8 Å². The fraction of sp³-hybridized carbons (Fsp3) is 0.562. The predicted octanol–water partition coefficient (Wildman–Crippen LogP) is 1.77. The van der Waals surface area contributed by atoms with Crippen molar-refractivity contribution in [2.45, 2.75) is 13.5 Å². The number of sulfonamides is 1. The third-order valence-corrected chi connectivity index (χ3v) is 6.72. The Balaban J connectivity index is 1.87. The van der Waals surface area contributed by atoms with Gasteiger partial charge in [-0.05, 0) is 24.6 Å². The monoisotopic (exact) mass is 404 g/mol. The molecular weight excluding hydrogens is 380 g/mol. The fourth-order valence-corrected chi connectivity index (χ4v) is 5.10. The summed E-state index contributed by atoms with van der Waals surface area (Å²) in [6, 6.07) is 7.53. The molecule has 6 nitrogen and oxygen atoms in total. The average Bonchev–Trinajstić information content (AvgIpc) is 2.60. The lowest BCUT2D eigenvalue weighted by atomic mass is 10.2. The van der Waals surface area contributed by atoms with Crippen LogP contribution in [0.25, 0.3) is 0 Å². The number of nitrogens with one attached hydrogen (secondary N) is 2. The molecule has 0 unspecified atom stereocenters. The molecular formula is C16H25ClN4O2S2. The van der Waals surface area contributed by atoms with Crippen LogP contribution in [0.1, 0.15) is 12.5 Å². The third kappa shape index (κ3) is 7.05. The molecule has 25 heavy (non-hydrogen) atoms. The Kier molecular flexibility index (Phi) is 8.35. The SMILES string of the molecule is CCNC(=NCc1cccc(Cl)c1)NCCS(=O)(=O)N1CCSCC1. The summed E-state index contributed by atoms with van der Waals surface area (Å²) in [7, 11) is -3.21. The van der Waals surface area contributed by atoms with E-state index < -0.39 is 10.0 Å². The van der Waals surface area contributed by atoms with E-state index in [4.69, 9.17) is 11.6 Å². The van der Waals surface area contributed by atoms with E-state index in [1.807, 2.05) is 31.2 Å². The van der Waals surface area contributed by atoms with Crippen molar-refractivity contribution in [1.82, 2.24) is 14.9 Å². The maximum absolute atomic E-state index is 12.3. The summed E-state index contributed by atoms with van der Waals surface area (Å²) < 4.78 is 26.3. The van der Waals surface area contributed by atoms with Gasteiger partial charge in [0.2, 0.25) is 10.0 Å². The summed E-state index contributed by atoms with van der Waals surface area (Å²) in [4.78, 5) is 4.48. The molecule has 0 saturated carbocycles. The van der Waals surface area contributed by atoms with Crippen LogP contribution in [0, 0.1) is 0 Å². The molecule has 0 amide bonds. The molecule has 1 saturated heterocycles. The summed E-state index contributed by atoms with van der Waals surface area (Å²) in [6.07, 6.45) is 0. The molecule has 1 aromatic carbocycles. The zero-order valence-electron chi connectivity index (χ0n) is 14.4. The summed E-state index contributed by atoms with van der Waals surface area (Å²) in [5, 5.41) is 6.90. The van der Waals surface area contributed by atoms with Gasteiger partial charge in [0, 0.05) is 42.7 Å². The van der Waals surface area contributed by atoms with Crippen molar-refractivity contribution in [3.63, 3.8) is 0 Å². The number of aliphatic imine (C=N–C) groups is 1. The van der Waals surface area contributed by atoms with E-state index in [9.17, 15) is 8.42 Å². The number of rotatable bonds is 7. The molecule has 0 bridgehead atoms. The lowest BCUT2D eigenvalue weighted by Gasteiger charge is -2.25. The van der Waals surface area contributed by atoms with E-state index >= 15 is 0 Å². The number of guanidine groups is 1. The van der Waals surface area contributed by atoms with Gasteiger partial charge >= 0.3 is 0 Å². The van der Waals surface area contributed by atoms with Crippen molar-refractivity contribution in [2.75, 3.05) is 43.4 Å². The first-order valence-electron chi connectivity index (χ1n) is 8.33. The van der Waals surface area contributed by atoms with E-state index in [0.29, 0.717) is 43.7 Å². The van der Waals surface area contributed by atoms with Gasteiger partial charge in [0.05, 0.1) is 12.3 Å². The van der Waals surface area contributed by atoms with Gasteiger partial charge < -0.3 is 10.6 Å². The Labute approximate surface area is 159 Å². The van der Waals surface area contributed by atoms with Crippen LogP contribution in [0.15, 0.2) is 29.3 Å². The second-order valence-electron chi connectivity index (χ2n) is 5.58. The molecule has 2 N–H and O–H groups in total. The maximum Gasteiger partial charge on any atom is 0.215 e. The van der Waals surface area contributed by atoms with Gasteiger partial charge in [-0.15, -0.1) is 0 Å². The van der Waals surface area contributed by atoms with Crippen molar-refractivity contribution in [3.05, 3.63) is 34.9 Å². The molecule has 0 aliphatic carbocycles. The molecule has 0 atom stereocenters. The van der Waals surface area contributed by atoms with Crippen molar-refractivity contribution in [1.29, 1.82) is 0 Å². The van der Waals surface area contributed by atoms with Gasteiger partial charge in [-0.25, -0.2) is 17.7 Å². The Morgan fingerprint density at radius 1 is 1.32 bits per heavy atom. The molecule has 1 aromatic rings. The number of halogens is 1. The van der Waals surface area contributed by atoms with Crippen LogP contribution in [0.2, 0.25) is 5.02 Å². The van der Waals surface area contributed by atoms with Crippen LogP contribution in [0.4, 0.5) is 0 Å². The zero-order valence-corrected chi connectivity index (χ0v) is 16.8. The Morgan fingerprint density at radius 2 is 2.08 bits per heavy atom. The highest BCUT2D eigenvalue weighted by atomic mass is 35.5. The highest BCUT2D eigenvalue weighted by Gasteiger charge is 2.23. The van der Waals surface area contributed by atoms with Crippen LogP contribution in [-0.2, 0) is 16.6 Å². The van der Waals surface area contributed by atoms with E-state index in [-0.39, 0.29) is 5.75 Å². The normalized spacial score (nSPS) is 16.6. The van der Waals surface area contributed by atoms with Gasteiger partial charge in [-0.1, -0.05) is 23.7 Å². The molecule has 1 aliphatic heterocycles. The van der Waals surface area contributed by atoms with Crippen molar-refractivity contribution in [2.24, 2.45) is 4.99 Å². The van der Waals surface area contributed by atoms with E-state index in [2.05, 4.69) is 15.6 Å². The minimum Gasteiger partial charge on any atom is -0.357 e.